The van der Waals surface area contributed by atoms with Crippen LogP contribution >= 0.6 is 0 Å². The van der Waals surface area contributed by atoms with Crippen LogP contribution in [-0.4, -0.2) is 46.7 Å². The van der Waals surface area contributed by atoms with Crippen molar-refractivity contribution in [2.75, 3.05) is 7.05 Å². The molecule has 36 heavy (non-hydrogen) atoms. The number of fused-ring (bicyclic) bond motifs is 2. The van der Waals surface area contributed by atoms with E-state index in [1.54, 1.807) is 9.13 Å². The van der Waals surface area contributed by atoms with E-state index in [4.69, 9.17) is 0 Å². The molecule has 0 spiro atoms. The average molecular weight is 513 g/mol. The van der Waals surface area contributed by atoms with Crippen molar-refractivity contribution in [2.24, 2.45) is 5.92 Å². The van der Waals surface area contributed by atoms with Crippen LogP contribution in [0, 0.1) is 5.92 Å². The van der Waals surface area contributed by atoms with Gasteiger partial charge < -0.3 is 4.90 Å². The normalized spacial score (nSPS) is 20.4. The number of hydrogen-bond donors (Lipinski definition) is 1. The van der Waals surface area contributed by atoms with Gasteiger partial charge in [0.1, 0.15) is 0 Å². The van der Waals surface area contributed by atoms with Gasteiger partial charge in [-0.3, -0.25) is 18.7 Å². The Morgan fingerprint density at radius 3 is 2.53 bits per heavy atom. The number of carbonyl (C=O) groups is 1. The maximum atomic E-state index is 13.9. The van der Waals surface area contributed by atoms with Gasteiger partial charge in [0.15, 0.2) is 0 Å². The Labute approximate surface area is 213 Å². The number of amides is 1. The first-order valence-electron chi connectivity index (χ1n) is 12.6. The van der Waals surface area contributed by atoms with Gasteiger partial charge in [-0.1, -0.05) is 49.3 Å². The van der Waals surface area contributed by atoms with E-state index in [9.17, 15) is 18.0 Å². The second-order valence-corrected chi connectivity index (χ2v) is 12.4. The van der Waals surface area contributed by atoms with Gasteiger partial charge in [0.25, 0.3) is 0 Å². The molecule has 9 heteroatoms. The third kappa shape index (κ3) is 4.81. The summed E-state index contributed by atoms with van der Waals surface area (Å²) in [4.78, 5) is 28.8. The number of allylic oxidation sites excluding steroid dienone is 2. The summed E-state index contributed by atoms with van der Waals surface area (Å²) in [6, 6.07) is 7.40. The second-order valence-electron chi connectivity index (χ2n) is 10.1. The van der Waals surface area contributed by atoms with Crippen LogP contribution in [0.2, 0.25) is 0 Å². The third-order valence-electron chi connectivity index (χ3n) is 7.23. The standard InChI is InChI=1S/C27H36N4O4S/c1-6-10-21(15-25(32)28-36(34,35)18(2)3)31-23-13-8-7-12-22(23)30(27(31)33)17-20-16-29(5)24-14-9-11-19(4)26(20)24/h7-9,11-14,16,18,21,24,26H,6,10,15,17H2,1-5H3,(H,28,32)/t21-,24?,26?/m0/s1. The summed E-state index contributed by atoms with van der Waals surface area (Å²) in [6.45, 7) is 7.61. The zero-order valence-electron chi connectivity index (χ0n) is 21.6. The van der Waals surface area contributed by atoms with Gasteiger partial charge in [0.05, 0.1) is 28.9 Å². The van der Waals surface area contributed by atoms with E-state index in [1.807, 2.05) is 31.2 Å². The van der Waals surface area contributed by atoms with E-state index in [2.05, 4.69) is 48.0 Å². The quantitative estimate of drug-likeness (QED) is 0.553. The Hall–Kier alpha value is -3.07. The fourth-order valence-electron chi connectivity index (χ4n) is 5.36. The summed E-state index contributed by atoms with van der Waals surface area (Å²) < 4.78 is 30.1. The first-order chi connectivity index (χ1) is 17.0. The molecular formula is C27H36N4O4S. The number of imidazole rings is 1. The first-order valence-corrected chi connectivity index (χ1v) is 14.1. The zero-order valence-corrected chi connectivity index (χ0v) is 22.5. The molecule has 1 amide bonds. The zero-order chi connectivity index (χ0) is 26.2. The van der Waals surface area contributed by atoms with Crippen LogP contribution in [0.25, 0.3) is 11.0 Å². The molecule has 1 aliphatic heterocycles. The van der Waals surface area contributed by atoms with Gasteiger partial charge >= 0.3 is 5.69 Å². The van der Waals surface area contributed by atoms with Gasteiger partial charge in [-0.05, 0) is 44.9 Å². The summed E-state index contributed by atoms with van der Waals surface area (Å²) in [5.41, 5.74) is 3.80. The summed E-state index contributed by atoms with van der Waals surface area (Å²) in [5.74, 6) is -0.379. The number of rotatable bonds is 9. The molecule has 1 N–H and O–H groups in total. The highest BCUT2D eigenvalue weighted by Gasteiger charge is 2.35. The average Bonchev–Trinajstić information content (AvgIpc) is 3.28. The summed E-state index contributed by atoms with van der Waals surface area (Å²) >= 11 is 0. The molecule has 194 valence electrons. The lowest BCUT2D eigenvalue weighted by atomic mass is 9.84. The topological polar surface area (TPSA) is 93.4 Å². The largest absolute Gasteiger partial charge is 0.373 e. The molecule has 1 aromatic carbocycles. The molecule has 1 aromatic heterocycles. The van der Waals surface area contributed by atoms with Crippen LogP contribution in [0.3, 0.4) is 0 Å². The lowest BCUT2D eigenvalue weighted by Gasteiger charge is -2.28. The minimum absolute atomic E-state index is 0.0868. The number of aromatic nitrogens is 2. The minimum Gasteiger partial charge on any atom is -0.373 e. The maximum Gasteiger partial charge on any atom is 0.329 e. The van der Waals surface area contributed by atoms with Crippen molar-refractivity contribution in [2.45, 2.75) is 70.8 Å². The molecule has 3 atom stereocenters. The fraction of sp³-hybridized carbons (Fsp3) is 0.481. The van der Waals surface area contributed by atoms with Crippen molar-refractivity contribution in [1.29, 1.82) is 0 Å². The molecule has 2 heterocycles. The first kappa shape index (κ1) is 26.0. The number of likely N-dealkylation sites (N-methyl/N-ethyl adjacent to an activating group) is 1. The van der Waals surface area contributed by atoms with Gasteiger partial charge in [0, 0.05) is 31.6 Å². The van der Waals surface area contributed by atoms with E-state index < -0.39 is 27.2 Å². The summed E-state index contributed by atoms with van der Waals surface area (Å²) in [5, 5.41) is -0.718. The molecule has 0 fully saturated rings. The van der Waals surface area contributed by atoms with Gasteiger partial charge in [-0.15, -0.1) is 0 Å². The van der Waals surface area contributed by atoms with Crippen molar-refractivity contribution >= 4 is 27.0 Å². The lowest BCUT2D eigenvalue weighted by Crippen LogP contribution is -2.38. The highest BCUT2D eigenvalue weighted by atomic mass is 32.2. The van der Waals surface area contributed by atoms with Crippen LogP contribution in [0.4, 0.5) is 0 Å². The highest BCUT2D eigenvalue weighted by Crippen LogP contribution is 2.37. The number of benzene rings is 1. The number of nitrogens with zero attached hydrogens (tertiary/aromatic N) is 3. The van der Waals surface area contributed by atoms with Gasteiger partial charge in [0.2, 0.25) is 15.9 Å². The van der Waals surface area contributed by atoms with E-state index in [1.165, 1.54) is 25.0 Å². The lowest BCUT2D eigenvalue weighted by molar-refractivity contribution is -0.120. The Morgan fingerprint density at radius 1 is 1.17 bits per heavy atom. The Kier molecular flexibility index (Phi) is 7.31. The Morgan fingerprint density at radius 2 is 1.86 bits per heavy atom. The number of hydrogen-bond acceptors (Lipinski definition) is 5. The summed E-state index contributed by atoms with van der Waals surface area (Å²) in [7, 11) is -1.68. The number of sulfonamides is 1. The third-order valence-corrected chi connectivity index (χ3v) is 8.99. The SMILES string of the molecule is CCC[C@@H](CC(=O)NS(=O)(=O)C(C)C)n1c(=O)n(CC2=CN(C)C3C=CC=C(C)C23)c2ccccc21. The Balaban J connectivity index is 1.71. The molecule has 2 aliphatic rings. The smallest absolute Gasteiger partial charge is 0.329 e. The van der Waals surface area contributed by atoms with Crippen molar-refractivity contribution in [3.63, 3.8) is 0 Å². The van der Waals surface area contributed by atoms with Crippen LogP contribution in [-0.2, 0) is 21.4 Å². The molecule has 0 saturated carbocycles. The van der Waals surface area contributed by atoms with Gasteiger partial charge in [-0.2, -0.15) is 0 Å². The molecule has 2 unspecified atom stereocenters. The van der Waals surface area contributed by atoms with E-state index in [0.717, 1.165) is 17.5 Å². The molecule has 8 nitrogen and oxygen atoms in total. The van der Waals surface area contributed by atoms with Crippen molar-refractivity contribution in [3.8, 4) is 0 Å². The summed E-state index contributed by atoms with van der Waals surface area (Å²) in [6.07, 6.45) is 9.77. The van der Waals surface area contributed by atoms with Crippen molar-refractivity contribution in [3.05, 3.63) is 70.3 Å². The molecule has 0 saturated heterocycles. The molecular weight excluding hydrogens is 476 g/mol. The van der Waals surface area contributed by atoms with Crippen LogP contribution < -0.4 is 10.4 Å². The number of para-hydroxylation sites is 2. The molecule has 1 aliphatic carbocycles. The fourth-order valence-corrected chi connectivity index (χ4v) is 6.00. The number of nitrogens with one attached hydrogen (secondary N) is 1. The maximum absolute atomic E-state index is 13.9. The second kappa shape index (κ2) is 10.1. The van der Waals surface area contributed by atoms with E-state index in [0.29, 0.717) is 13.0 Å². The number of carbonyl (C=O) groups excluding carboxylic acids is 1. The van der Waals surface area contributed by atoms with E-state index in [-0.39, 0.29) is 24.1 Å². The highest BCUT2D eigenvalue weighted by molar-refractivity contribution is 7.90. The van der Waals surface area contributed by atoms with Crippen LogP contribution in [0.15, 0.2) is 64.6 Å². The predicted octanol–water partition coefficient (Wildman–Crippen LogP) is 3.72. The van der Waals surface area contributed by atoms with Crippen molar-refractivity contribution in [1.82, 2.24) is 18.8 Å². The van der Waals surface area contributed by atoms with Crippen LogP contribution in [0.5, 0.6) is 0 Å². The molecule has 0 radical (unpaired) electrons. The molecule has 0 bridgehead atoms. The monoisotopic (exact) mass is 512 g/mol. The minimum atomic E-state index is -3.74. The molecule has 4 rings (SSSR count). The van der Waals surface area contributed by atoms with Gasteiger partial charge in [-0.25, -0.2) is 13.2 Å². The predicted molar refractivity (Wildman–Crippen MR) is 143 cm³/mol. The van der Waals surface area contributed by atoms with Crippen molar-refractivity contribution < 1.29 is 13.2 Å². The molecule has 2 aromatic rings. The Bertz CT molecular complexity index is 1410. The van der Waals surface area contributed by atoms with E-state index >= 15 is 0 Å². The van der Waals surface area contributed by atoms with Crippen LogP contribution in [0.1, 0.15) is 53.0 Å².